The summed E-state index contributed by atoms with van der Waals surface area (Å²) < 4.78 is 6.53. The summed E-state index contributed by atoms with van der Waals surface area (Å²) in [5.41, 5.74) is -0.194. The summed E-state index contributed by atoms with van der Waals surface area (Å²) in [7, 11) is 1.67. The van der Waals surface area contributed by atoms with Gasteiger partial charge in [0.15, 0.2) is 0 Å². The van der Waals surface area contributed by atoms with E-state index in [1.807, 2.05) is 5.38 Å². The molecule has 3 rings (SSSR count). The second-order valence-electron chi connectivity index (χ2n) is 4.65. The molecule has 0 aliphatic heterocycles. The fourth-order valence-corrected chi connectivity index (χ4v) is 2.72. The van der Waals surface area contributed by atoms with E-state index in [1.54, 1.807) is 31.5 Å². The Kier molecular flexibility index (Phi) is 3.57. The molecule has 0 aliphatic rings. The summed E-state index contributed by atoms with van der Waals surface area (Å²) >= 11 is 1.41. The summed E-state index contributed by atoms with van der Waals surface area (Å²) in [5, 5.41) is 2.36. The van der Waals surface area contributed by atoms with Gasteiger partial charge in [-0.05, 0) is 23.6 Å². The third-order valence-corrected chi connectivity index (χ3v) is 3.98. The first kappa shape index (κ1) is 13.6. The molecule has 3 heterocycles. The van der Waals surface area contributed by atoms with E-state index in [1.165, 1.54) is 27.1 Å². The van der Waals surface area contributed by atoms with Gasteiger partial charge in [-0.3, -0.25) is 14.2 Å². The van der Waals surface area contributed by atoms with Gasteiger partial charge in [-0.15, -0.1) is 11.3 Å². The average molecular weight is 303 g/mol. The molecule has 0 radical (unpaired) electrons. The van der Waals surface area contributed by atoms with Crippen LogP contribution in [-0.2, 0) is 17.9 Å². The monoisotopic (exact) mass is 303 g/mol. The van der Waals surface area contributed by atoms with E-state index in [0.29, 0.717) is 22.5 Å². The zero-order valence-electron chi connectivity index (χ0n) is 11.4. The van der Waals surface area contributed by atoms with Crippen LogP contribution in [0.1, 0.15) is 5.76 Å². The molecule has 7 heteroatoms. The number of carbonyl (C=O) groups is 1. The lowest BCUT2D eigenvalue weighted by molar-refractivity contribution is -0.131. The van der Waals surface area contributed by atoms with E-state index >= 15 is 0 Å². The van der Waals surface area contributed by atoms with Gasteiger partial charge in [0.25, 0.3) is 5.56 Å². The molecule has 0 saturated heterocycles. The van der Waals surface area contributed by atoms with Crippen LogP contribution in [0, 0.1) is 0 Å². The Morgan fingerprint density at radius 1 is 1.48 bits per heavy atom. The largest absolute Gasteiger partial charge is 0.467 e. The highest BCUT2D eigenvalue weighted by Crippen LogP contribution is 2.13. The lowest BCUT2D eigenvalue weighted by Crippen LogP contribution is -2.33. The fraction of sp³-hybridized carbons (Fsp3) is 0.214. The van der Waals surface area contributed by atoms with Crippen LogP contribution in [0.15, 0.2) is 45.4 Å². The highest BCUT2D eigenvalue weighted by atomic mass is 32.1. The maximum atomic E-state index is 12.2. The first-order valence-corrected chi connectivity index (χ1v) is 7.22. The number of furan rings is 1. The Bertz CT molecular complexity index is 819. The average Bonchev–Trinajstić information content (AvgIpc) is 3.12. The number of rotatable bonds is 4. The summed E-state index contributed by atoms with van der Waals surface area (Å²) in [6, 6.07) is 5.30. The third-order valence-electron chi connectivity index (χ3n) is 3.15. The minimum atomic E-state index is -0.194. The predicted molar refractivity (Wildman–Crippen MR) is 79.1 cm³/mol. The number of fused-ring (bicyclic) bond motifs is 1. The molecule has 0 aliphatic carbocycles. The molecule has 6 nitrogen and oxygen atoms in total. The van der Waals surface area contributed by atoms with E-state index < -0.39 is 0 Å². The summed E-state index contributed by atoms with van der Waals surface area (Å²) in [5.74, 6) is 0.523. The van der Waals surface area contributed by atoms with E-state index in [0.717, 1.165) is 0 Å². The van der Waals surface area contributed by atoms with E-state index in [9.17, 15) is 9.59 Å². The predicted octanol–water partition coefficient (Wildman–Crippen LogP) is 1.71. The molecule has 21 heavy (non-hydrogen) atoms. The number of carbonyl (C=O) groups excluding carboxylic acids is 1. The molecule has 108 valence electrons. The molecule has 0 atom stereocenters. The maximum absolute atomic E-state index is 12.2. The van der Waals surface area contributed by atoms with E-state index in [-0.39, 0.29) is 18.0 Å². The van der Waals surface area contributed by atoms with Crippen LogP contribution < -0.4 is 5.56 Å². The zero-order chi connectivity index (χ0) is 14.8. The van der Waals surface area contributed by atoms with Gasteiger partial charge in [0, 0.05) is 7.05 Å². The van der Waals surface area contributed by atoms with Gasteiger partial charge in [-0.2, -0.15) is 0 Å². The Labute approximate surface area is 124 Å². The summed E-state index contributed by atoms with van der Waals surface area (Å²) in [4.78, 5) is 30.8. The third kappa shape index (κ3) is 2.73. The first-order chi connectivity index (χ1) is 10.1. The van der Waals surface area contributed by atoms with Crippen molar-refractivity contribution in [3.05, 3.63) is 52.3 Å². The molecule has 0 spiro atoms. The van der Waals surface area contributed by atoms with Crippen molar-refractivity contribution in [2.75, 3.05) is 7.05 Å². The molecular formula is C14H13N3O3S. The minimum absolute atomic E-state index is 0.0329. The highest BCUT2D eigenvalue weighted by molar-refractivity contribution is 7.16. The van der Waals surface area contributed by atoms with Gasteiger partial charge in [-0.25, -0.2) is 4.98 Å². The van der Waals surface area contributed by atoms with Crippen molar-refractivity contribution < 1.29 is 9.21 Å². The van der Waals surface area contributed by atoms with Crippen LogP contribution >= 0.6 is 11.3 Å². The van der Waals surface area contributed by atoms with Crippen molar-refractivity contribution >= 4 is 27.5 Å². The van der Waals surface area contributed by atoms with Gasteiger partial charge in [0.2, 0.25) is 5.91 Å². The quantitative estimate of drug-likeness (QED) is 0.736. The lowest BCUT2D eigenvalue weighted by atomic mass is 10.4. The standard InChI is InChI=1S/C14H13N3O3S/c1-16(7-10-3-2-5-20-10)12(18)8-17-9-15-13-11(14(17)19)4-6-21-13/h2-6,9H,7-8H2,1H3. The minimum Gasteiger partial charge on any atom is -0.467 e. The smallest absolute Gasteiger partial charge is 0.262 e. The van der Waals surface area contributed by atoms with Gasteiger partial charge < -0.3 is 9.32 Å². The van der Waals surface area contributed by atoms with E-state index in [2.05, 4.69) is 4.98 Å². The fourth-order valence-electron chi connectivity index (χ4n) is 2.00. The summed E-state index contributed by atoms with van der Waals surface area (Å²) in [6.45, 7) is 0.337. The number of aromatic nitrogens is 2. The van der Waals surface area contributed by atoms with Gasteiger partial charge in [0.1, 0.15) is 17.1 Å². The topological polar surface area (TPSA) is 68.3 Å². The van der Waals surface area contributed by atoms with Crippen LogP contribution in [0.5, 0.6) is 0 Å². The van der Waals surface area contributed by atoms with Crippen LogP contribution in [0.25, 0.3) is 10.2 Å². The molecule has 0 unspecified atom stereocenters. The molecule has 0 aromatic carbocycles. The van der Waals surface area contributed by atoms with E-state index in [4.69, 9.17) is 4.42 Å². The number of thiophene rings is 1. The van der Waals surface area contributed by atoms with Crippen molar-refractivity contribution in [3.63, 3.8) is 0 Å². The second-order valence-corrected chi connectivity index (χ2v) is 5.54. The Hall–Kier alpha value is -2.41. The van der Waals surface area contributed by atoms with Crippen molar-refractivity contribution in [2.45, 2.75) is 13.1 Å². The molecule has 0 N–H and O–H groups in total. The number of likely N-dealkylation sites (N-methyl/N-ethyl adjacent to an activating group) is 1. The molecule has 0 saturated carbocycles. The Balaban J connectivity index is 1.76. The van der Waals surface area contributed by atoms with Gasteiger partial charge >= 0.3 is 0 Å². The van der Waals surface area contributed by atoms with Crippen LogP contribution in [0.3, 0.4) is 0 Å². The van der Waals surface area contributed by atoms with Crippen molar-refractivity contribution in [3.8, 4) is 0 Å². The highest BCUT2D eigenvalue weighted by Gasteiger charge is 2.13. The zero-order valence-corrected chi connectivity index (χ0v) is 12.2. The first-order valence-electron chi connectivity index (χ1n) is 6.34. The van der Waals surface area contributed by atoms with Crippen LogP contribution in [0.4, 0.5) is 0 Å². The Morgan fingerprint density at radius 2 is 2.33 bits per heavy atom. The van der Waals surface area contributed by atoms with Crippen molar-refractivity contribution in [1.82, 2.24) is 14.5 Å². The van der Waals surface area contributed by atoms with Crippen molar-refractivity contribution in [2.24, 2.45) is 0 Å². The number of amides is 1. The molecule has 0 fully saturated rings. The SMILES string of the molecule is CN(Cc1ccco1)C(=O)Cn1cnc2sccc2c1=O. The lowest BCUT2D eigenvalue weighted by Gasteiger charge is -2.16. The van der Waals surface area contributed by atoms with Crippen LogP contribution in [0.2, 0.25) is 0 Å². The normalized spacial score (nSPS) is 10.9. The molecule has 3 aromatic heterocycles. The van der Waals surface area contributed by atoms with Gasteiger partial charge in [-0.1, -0.05) is 0 Å². The maximum Gasteiger partial charge on any atom is 0.262 e. The molecule has 0 bridgehead atoms. The molecule has 3 aromatic rings. The second kappa shape index (κ2) is 5.53. The Morgan fingerprint density at radius 3 is 3.10 bits per heavy atom. The molecule has 1 amide bonds. The molecular weight excluding hydrogens is 290 g/mol. The number of hydrogen-bond acceptors (Lipinski definition) is 5. The van der Waals surface area contributed by atoms with Crippen LogP contribution in [-0.4, -0.2) is 27.4 Å². The number of nitrogens with zero attached hydrogens (tertiary/aromatic N) is 3. The van der Waals surface area contributed by atoms with Gasteiger partial charge in [0.05, 0.1) is 24.5 Å². The number of hydrogen-bond donors (Lipinski definition) is 0. The van der Waals surface area contributed by atoms with Crippen molar-refractivity contribution in [1.29, 1.82) is 0 Å². The summed E-state index contributed by atoms with van der Waals surface area (Å²) in [6.07, 6.45) is 2.98.